The minimum atomic E-state index is 0.286. The molecule has 3 nitrogen and oxygen atoms in total. The van der Waals surface area contributed by atoms with Gasteiger partial charge in [-0.15, -0.1) is 11.6 Å². The maximum absolute atomic E-state index is 6.01. The smallest absolute Gasteiger partial charge is 0.0534 e. The number of aromatic nitrogens is 2. The van der Waals surface area contributed by atoms with Crippen LogP contribution in [0.1, 0.15) is 11.1 Å². The number of hydrogen-bond donors (Lipinski definition) is 1. The zero-order valence-electron chi connectivity index (χ0n) is 10.5. The van der Waals surface area contributed by atoms with Crippen molar-refractivity contribution in [2.45, 2.75) is 19.0 Å². The normalized spacial score (nSPS) is 12.6. The van der Waals surface area contributed by atoms with E-state index in [0.29, 0.717) is 5.88 Å². The third kappa shape index (κ3) is 3.86. The molecule has 4 heteroatoms. The van der Waals surface area contributed by atoms with Crippen LogP contribution in [0.2, 0.25) is 0 Å². The molecule has 18 heavy (non-hydrogen) atoms. The van der Waals surface area contributed by atoms with E-state index < -0.39 is 0 Å². The van der Waals surface area contributed by atoms with Crippen LogP contribution in [0.5, 0.6) is 0 Å². The fourth-order valence-electron chi connectivity index (χ4n) is 1.91. The van der Waals surface area contributed by atoms with Gasteiger partial charge in [0.1, 0.15) is 0 Å². The Bertz CT molecular complexity index is 467. The van der Waals surface area contributed by atoms with E-state index in [0.717, 1.165) is 13.0 Å². The SMILES string of the molecule is Cn1cc(CNC(CCl)Cc2ccccc2)cn1. The highest BCUT2D eigenvalue weighted by atomic mass is 35.5. The van der Waals surface area contributed by atoms with Gasteiger partial charge >= 0.3 is 0 Å². The summed E-state index contributed by atoms with van der Waals surface area (Å²) in [5.74, 6) is 0.606. The van der Waals surface area contributed by atoms with Gasteiger partial charge in [0.2, 0.25) is 0 Å². The van der Waals surface area contributed by atoms with Gasteiger partial charge in [-0.05, 0) is 12.0 Å². The molecular formula is C14H18ClN3. The molecule has 0 bridgehead atoms. The summed E-state index contributed by atoms with van der Waals surface area (Å²) in [5.41, 5.74) is 2.49. The summed E-state index contributed by atoms with van der Waals surface area (Å²) in [7, 11) is 1.92. The Labute approximate surface area is 113 Å². The molecule has 0 aliphatic heterocycles. The first-order chi connectivity index (χ1) is 8.78. The van der Waals surface area contributed by atoms with E-state index in [-0.39, 0.29) is 6.04 Å². The largest absolute Gasteiger partial charge is 0.308 e. The summed E-state index contributed by atoms with van der Waals surface area (Å²) in [5, 5.41) is 7.61. The lowest BCUT2D eigenvalue weighted by molar-refractivity contribution is 0.550. The summed E-state index contributed by atoms with van der Waals surface area (Å²) in [6.45, 7) is 0.804. The van der Waals surface area contributed by atoms with Gasteiger partial charge in [-0.2, -0.15) is 5.10 Å². The van der Waals surface area contributed by atoms with Gasteiger partial charge in [0.05, 0.1) is 6.20 Å². The Morgan fingerprint density at radius 2 is 2.06 bits per heavy atom. The second kappa shape index (κ2) is 6.57. The molecule has 1 atom stereocenters. The number of aryl methyl sites for hydroxylation is 1. The predicted octanol–water partition coefficient (Wildman–Crippen LogP) is 2.36. The number of nitrogens with zero attached hydrogens (tertiary/aromatic N) is 2. The molecule has 1 aromatic carbocycles. The van der Waals surface area contributed by atoms with Gasteiger partial charge in [-0.25, -0.2) is 0 Å². The van der Waals surface area contributed by atoms with Crippen molar-refractivity contribution in [2.75, 3.05) is 5.88 Å². The van der Waals surface area contributed by atoms with Crippen molar-refractivity contribution < 1.29 is 0 Å². The molecule has 2 aromatic rings. The van der Waals surface area contributed by atoms with Crippen LogP contribution >= 0.6 is 11.6 Å². The lowest BCUT2D eigenvalue weighted by atomic mass is 10.1. The molecule has 0 spiro atoms. The second-order valence-electron chi connectivity index (χ2n) is 4.44. The average Bonchev–Trinajstić information content (AvgIpc) is 2.81. The molecular weight excluding hydrogens is 246 g/mol. The third-order valence-corrected chi connectivity index (χ3v) is 3.24. The minimum Gasteiger partial charge on any atom is -0.308 e. The fourth-order valence-corrected chi connectivity index (χ4v) is 2.12. The summed E-state index contributed by atoms with van der Waals surface area (Å²) < 4.78 is 1.81. The number of alkyl halides is 1. The molecule has 0 aliphatic rings. The van der Waals surface area contributed by atoms with Crippen LogP contribution in [-0.4, -0.2) is 21.7 Å². The second-order valence-corrected chi connectivity index (χ2v) is 4.75. The molecule has 96 valence electrons. The lowest BCUT2D eigenvalue weighted by Crippen LogP contribution is -2.32. The van der Waals surface area contributed by atoms with Crippen molar-refractivity contribution in [3.05, 3.63) is 53.9 Å². The van der Waals surface area contributed by atoms with Gasteiger partial charge in [0.25, 0.3) is 0 Å². The van der Waals surface area contributed by atoms with Crippen molar-refractivity contribution in [1.29, 1.82) is 0 Å². The quantitative estimate of drug-likeness (QED) is 0.811. The van der Waals surface area contributed by atoms with E-state index >= 15 is 0 Å². The van der Waals surface area contributed by atoms with Crippen LogP contribution in [0.3, 0.4) is 0 Å². The molecule has 2 rings (SSSR count). The van der Waals surface area contributed by atoms with Crippen LogP contribution in [0, 0.1) is 0 Å². The Hall–Kier alpha value is -1.32. The first-order valence-corrected chi connectivity index (χ1v) is 6.62. The number of nitrogens with one attached hydrogen (secondary N) is 1. The summed E-state index contributed by atoms with van der Waals surface area (Å²) in [4.78, 5) is 0. The molecule has 1 N–H and O–H groups in total. The van der Waals surface area contributed by atoms with Crippen LogP contribution in [0.25, 0.3) is 0 Å². The maximum Gasteiger partial charge on any atom is 0.0534 e. The number of benzene rings is 1. The summed E-state index contributed by atoms with van der Waals surface area (Å²) in [6.07, 6.45) is 4.84. The number of halogens is 1. The lowest BCUT2D eigenvalue weighted by Gasteiger charge is -2.15. The van der Waals surface area contributed by atoms with Gasteiger partial charge in [-0.1, -0.05) is 30.3 Å². The highest BCUT2D eigenvalue weighted by Crippen LogP contribution is 2.05. The molecule has 0 radical (unpaired) electrons. The first kappa shape index (κ1) is 13.1. The first-order valence-electron chi connectivity index (χ1n) is 6.08. The minimum absolute atomic E-state index is 0.286. The fraction of sp³-hybridized carbons (Fsp3) is 0.357. The number of hydrogen-bond acceptors (Lipinski definition) is 2. The van der Waals surface area contributed by atoms with E-state index in [1.165, 1.54) is 11.1 Å². The van der Waals surface area contributed by atoms with E-state index in [1.54, 1.807) is 0 Å². The molecule has 0 saturated carbocycles. The monoisotopic (exact) mass is 263 g/mol. The molecule has 0 saturated heterocycles. The van der Waals surface area contributed by atoms with Crippen molar-refractivity contribution >= 4 is 11.6 Å². The summed E-state index contributed by atoms with van der Waals surface area (Å²) >= 11 is 6.01. The predicted molar refractivity (Wildman–Crippen MR) is 74.7 cm³/mol. The van der Waals surface area contributed by atoms with Crippen molar-refractivity contribution in [1.82, 2.24) is 15.1 Å². The molecule has 1 aromatic heterocycles. The Balaban J connectivity index is 1.86. The standard InChI is InChI=1S/C14H18ClN3/c1-18-11-13(10-17-18)9-16-14(8-15)7-12-5-3-2-4-6-12/h2-6,10-11,14,16H,7-9H2,1H3. The maximum atomic E-state index is 6.01. The zero-order chi connectivity index (χ0) is 12.8. The van der Waals surface area contributed by atoms with Crippen molar-refractivity contribution in [3.63, 3.8) is 0 Å². The Morgan fingerprint density at radius 3 is 2.67 bits per heavy atom. The molecule has 0 fully saturated rings. The zero-order valence-corrected chi connectivity index (χ0v) is 11.3. The molecule has 0 aliphatic carbocycles. The van der Waals surface area contributed by atoms with Gasteiger partial charge < -0.3 is 5.32 Å². The highest BCUT2D eigenvalue weighted by Gasteiger charge is 2.08. The molecule has 1 unspecified atom stereocenters. The Kier molecular flexibility index (Phi) is 4.79. The van der Waals surface area contributed by atoms with Crippen LogP contribution in [-0.2, 0) is 20.0 Å². The van der Waals surface area contributed by atoms with Gasteiger partial charge in [0.15, 0.2) is 0 Å². The molecule has 0 amide bonds. The van der Waals surface area contributed by atoms with Crippen LogP contribution in [0.15, 0.2) is 42.7 Å². The topological polar surface area (TPSA) is 29.9 Å². The summed E-state index contributed by atoms with van der Waals surface area (Å²) in [6, 6.07) is 10.7. The van der Waals surface area contributed by atoms with Crippen LogP contribution in [0.4, 0.5) is 0 Å². The van der Waals surface area contributed by atoms with Gasteiger partial charge in [0, 0.05) is 37.3 Å². The number of rotatable bonds is 6. The average molecular weight is 264 g/mol. The van der Waals surface area contributed by atoms with E-state index in [1.807, 2.05) is 30.2 Å². The highest BCUT2D eigenvalue weighted by molar-refractivity contribution is 6.18. The van der Waals surface area contributed by atoms with E-state index in [9.17, 15) is 0 Å². The van der Waals surface area contributed by atoms with Gasteiger partial charge in [-0.3, -0.25) is 4.68 Å². The van der Waals surface area contributed by atoms with Crippen molar-refractivity contribution in [3.8, 4) is 0 Å². The Morgan fingerprint density at radius 1 is 1.28 bits per heavy atom. The third-order valence-electron chi connectivity index (χ3n) is 2.86. The van der Waals surface area contributed by atoms with Crippen molar-refractivity contribution in [2.24, 2.45) is 7.05 Å². The van der Waals surface area contributed by atoms with E-state index in [4.69, 9.17) is 11.6 Å². The molecule has 1 heterocycles. The van der Waals surface area contributed by atoms with Crippen LogP contribution < -0.4 is 5.32 Å². The van der Waals surface area contributed by atoms with E-state index in [2.05, 4.69) is 34.7 Å².